The van der Waals surface area contributed by atoms with E-state index < -0.39 is 5.60 Å². The van der Waals surface area contributed by atoms with Crippen molar-refractivity contribution in [2.45, 2.75) is 37.8 Å². The molecule has 3 heterocycles. The molecule has 1 amide bonds. The topological polar surface area (TPSA) is 76.6 Å². The predicted molar refractivity (Wildman–Crippen MR) is 107 cm³/mol. The molecule has 148 valence electrons. The van der Waals surface area contributed by atoms with Crippen molar-refractivity contribution in [1.82, 2.24) is 14.8 Å². The van der Waals surface area contributed by atoms with Crippen molar-refractivity contribution in [2.24, 2.45) is 0 Å². The van der Waals surface area contributed by atoms with Crippen molar-refractivity contribution in [3.63, 3.8) is 0 Å². The number of amides is 1. The van der Waals surface area contributed by atoms with Gasteiger partial charge in [0.25, 0.3) is 5.91 Å². The highest BCUT2D eigenvalue weighted by molar-refractivity contribution is 5.94. The lowest BCUT2D eigenvalue weighted by atomic mass is 9.79. The molecule has 2 aliphatic rings. The lowest BCUT2D eigenvalue weighted by Crippen LogP contribution is -2.61. The Kier molecular flexibility index (Phi) is 5.08. The van der Waals surface area contributed by atoms with E-state index in [0.29, 0.717) is 30.8 Å². The van der Waals surface area contributed by atoms with Crippen LogP contribution >= 0.6 is 0 Å². The van der Waals surface area contributed by atoms with Crippen LogP contribution in [0.15, 0.2) is 47.3 Å². The van der Waals surface area contributed by atoms with Gasteiger partial charge >= 0.3 is 0 Å². The molecule has 0 saturated carbocycles. The molecular formula is C22H27N3O3. The first-order valence-electron chi connectivity index (χ1n) is 9.99. The molecule has 6 heteroatoms. The normalized spacial score (nSPS) is 25.8. The molecule has 2 atom stereocenters. The number of likely N-dealkylation sites (tertiary alicyclic amines) is 2. The predicted octanol–water partition coefficient (Wildman–Crippen LogP) is 1.88. The summed E-state index contributed by atoms with van der Waals surface area (Å²) in [6.45, 7) is 4.56. The van der Waals surface area contributed by atoms with Crippen LogP contribution in [0.5, 0.6) is 0 Å². The van der Waals surface area contributed by atoms with Crippen LogP contribution in [0.4, 0.5) is 0 Å². The Bertz CT molecular complexity index is 905. The molecule has 2 saturated heterocycles. The highest BCUT2D eigenvalue weighted by atomic mass is 16.3. The zero-order valence-corrected chi connectivity index (χ0v) is 16.2. The van der Waals surface area contributed by atoms with Crippen molar-refractivity contribution < 1.29 is 9.90 Å². The number of rotatable bonds is 3. The number of hydrogen-bond donors (Lipinski definition) is 2. The molecule has 6 nitrogen and oxygen atoms in total. The second-order valence-corrected chi connectivity index (χ2v) is 7.97. The van der Waals surface area contributed by atoms with Gasteiger partial charge < -0.3 is 15.0 Å². The molecule has 0 bridgehead atoms. The SMILES string of the molecule is Cc1cc(C(=O)N2CC[C@](O)(c3ccccc3)[C@H](N3CCCC3)C2)cc(=O)[nH]1. The summed E-state index contributed by atoms with van der Waals surface area (Å²) in [6, 6.07) is 12.7. The van der Waals surface area contributed by atoms with E-state index in [-0.39, 0.29) is 17.5 Å². The van der Waals surface area contributed by atoms with Gasteiger partial charge in [0.15, 0.2) is 0 Å². The zero-order chi connectivity index (χ0) is 19.7. The zero-order valence-electron chi connectivity index (χ0n) is 16.2. The van der Waals surface area contributed by atoms with Crippen LogP contribution in [-0.4, -0.2) is 58.0 Å². The van der Waals surface area contributed by atoms with Crippen molar-refractivity contribution in [1.29, 1.82) is 0 Å². The van der Waals surface area contributed by atoms with Gasteiger partial charge in [-0.25, -0.2) is 0 Å². The van der Waals surface area contributed by atoms with Crippen LogP contribution in [0.2, 0.25) is 0 Å². The van der Waals surface area contributed by atoms with Gasteiger partial charge in [-0.1, -0.05) is 30.3 Å². The third-order valence-electron chi connectivity index (χ3n) is 6.08. The van der Waals surface area contributed by atoms with Crippen molar-refractivity contribution in [3.8, 4) is 0 Å². The van der Waals surface area contributed by atoms with Gasteiger partial charge in [0.1, 0.15) is 5.60 Å². The molecule has 2 aromatic rings. The molecule has 2 fully saturated rings. The fraction of sp³-hybridized carbons (Fsp3) is 0.455. The number of hydrogen-bond acceptors (Lipinski definition) is 4. The average molecular weight is 381 g/mol. The van der Waals surface area contributed by atoms with Crippen molar-refractivity contribution in [2.75, 3.05) is 26.2 Å². The molecule has 0 spiro atoms. The third-order valence-corrected chi connectivity index (χ3v) is 6.08. The maximum atomic E-state index is 13.1. The molecular weight excluding hydrogens is 354 g/mol. The molecule has 4 rings (SSSR count). The summed E-state index contributed by atoms with van der Waals surface area (Å²) in [6.07, 6.45) is 2.71. The minimum absolute atomic E-state index is 0.145. The number of carbonyl (C=O) groups is 1. The summed E-state index contributed by atoms with van der Waals surface area (Å²) in [5.41, 5.74) is 0.742. The second kappa shape index (κ2) is 7.53. The number of aliphatic hydroxyl groups is 1. The van der Waals surface area contributed by atoms with Gasteiger partial charge in [0, 0.05) is 30.4 Å². The van der Waals surface area contributed by atoms with Crippen LogP contribution in [0, 0.1) is 6.92 Å². The van der Waals surface area contributed by atoms with E-state index in [9.17, 15) is 14.7 Å². The summed E-state index contributed by atoms with van der Waals surface area (Å²) in [5, 5.41) is 11.7. The molecule has 28 heavy (non-hydrogen) atoms. The maximum absolute atomic E-state index is 13.1. The molecule has 1 aromatic carbocycles. The number of aryl methyl sites for hydroxylation is 1. The Hall–Kier alpha value is -2.44. The Balaban J connectivity index is 1.64. The number of aromatic amines is 1. The number of aromatic nitrogens is 1. The van der Waals surface area contributed by atoms with Crippen LogP contribution in [0.25, 0.3) is 0 Å². The van der Waals surface area contributed by atoms with Crippen LogP contribution in [0.1, 0.15) is 40.9 Å². The summed E-state index contributed by atoms with van der Waals surface area (Å²) >= 11 is 0. The molecule has 0 unspecified atom stereocenters. The number of benzene rings is 1. The number of piperidine rings is 1. The van der Waals surface area contributed by atoms with Gasteiger partial charge in [-0.2, -0.15) is 0 Å². The molecule has 0 aliphatic carbocycles. The first-order valence-corrected chi connectivity index (χ1v) is 9.99. The van der Waals surface area contributed by atoms with Crippen LogP contribution < -0.4 is 5.56 Å². The van der Waals surface area contributed by atoms with Gasteiger partial charge in [-0.05, 0) is 50.9 Å². The largest absolute Gasteiger partial charge is 0.383 e. The number of nitrogens with zero attached hydrogens (tertiary/aromatic N) is 2. The molecule has 0 radical (unpaired) electrons. The molecule has 2 aliphatic heterocycles. The lowest BCUT2D eigenvalue weighted by molar-refractivity contribution is -0.0878. The Morgan fingerprint density at radius 2 is 1.86 bits per heavy atom. The molecule has 2 N–H and O–H groups in total. The highest BCUT2D eigenvalue weighted by Gasteiger charge is 2.47. The van der Waals surface area contributed by atoms with Gasteiger partial charge in [-0.3, -0.25) is 14.5 Å². The Morgan fingerprint density at radius 1 is 1.14 bits per heavy atom. The van der Waals surface area contributed by atoms with Crippen molar-refractivity contribution in [3.05, 3.63) is 69.6 Å². The van der Waals surface area contributed by atoms with E-state index in [1.165, 1.54) is 6.07 Å². The fourth-order valence-electron chi connectivity index (χ4n) is 4.63. The maximum Gasteiger partial charge on any atom is 0.254 e. The highest BCUT2D eigenvalue weighted by Crippen LogP contribution is 2.37. The summed E-state index contributed by atoms with van der Waals surface area (Å²) < 4.78 is 0. The van der Waals surface area contributed by atoms with E-state index in [1.807, 2.05) is 30.3 Å². The summed E-state index contributed by atoms with van der Waals surface area (Å²) in [5.74, 6) is -0.145. The number of carbonyl (C=O) groups excluding carboxylic acids is 1. The van der Waals surface area contributed by atoms with Gasteiger partial charge in [-0.15, -0.1) is 0 Å². The third kappa shape index (κ3) is 3.50. The van der Waals surface area contributed by atoms with Gasteiger partial charge in [0.05, 0.1) is 6.04 Å². The smallest absolute Gasteiger partial charge is 0.254 e. The number of H-pyrrole nitrogens is 1. The number of nitrogens with one attached hydrogen (secondary N) is 1. The quantitative estimate of drug-likeness (QED) is 0.851. The van der Waals surface area contributed by atoms with E-state index in [4.69, 9.17) is 0 Å². The number of pyridine rings is 1. The standard InChI is InChI=1S/C22H27N3O3/c1-16-13-17(14-20(26)23-16)21(27)25-12-9-22(28,18-7-3-2-4-8-18)19(15-25)24-10-5-6-11-24/h2-4,7-8,13-14,19,28H,5-6,9-12,15H2,1H3,(H,23,26)/t19-,22+/m1/s1. The van der Waals surface area contributed by atoms with Gasteiger partial charge in [0.2, 0.25) is 5.56 Å². The summed E-state index contributed by atoms with van der Waals surface area (Å²) in [4.78, 5) is 31.7. The van der Waals surface area contributed by atoms with Crippen LogP contribution in [-0.2, 0) is 5.60 Å². The van der Waals surface area contributed by atoms with Crippen LogP contribution in [0.3, 0.4) is 0 Å². The Morgan fingerprint density at radius 3 is 2.54 bits per heavy atom. The first kappa shape index (κ1) is 18.9. The fourth-order valence-corrected chi connectivity index (χ4v) is 4.63. The summed E-state index contributed by atoms with van der Waals surface area (Å²) in [7, 11) is 0. The Labute approximate surface area is 164 Å². The van der Waals surface area contributed by atoms with E-state index in [2.05, 4.69) is 9.88 Å². The van der Waals surface area contributed by atoms with Crippen molar-refractivity contribution >= 4 is 5.91 Å². The second-order valence-electron chi connectivity index (χ2n) is 7.97. The van der Waals surface area contributed by atoms with E-state index in [0.717, 1.165) is 31.5 Å². The lowest BCUT2D eigenvalue weighted by Gasteiger charge is -2.48. The monoisotopic (exact) mass is 381 g/mol. The van der Waals surface area contributed by atoms with E-state index in [1.54, 1.807) is 17.9 Å². The molecule has 1 aromatic heterocycles. The minimum atomic E-state index is -0.980. The van der Waals surface area contributed by atoms with E-state index >= 15 is 0 Å². The minimum Gasteiger partial charge on any atom is -0.383 e. The first-order chi connectivity index (χ1) is 13.5. The average Bonchev–Trinajstić information content (AvgIpc) is 3.22.